The lowest BCUT2D eigenvalue weighted by atomic mass is 10.1. The number of amides is 4. The van der Waals surface area contributed by atoms with Crippen molar-refractivity contribution in [3.05, 3.63) is 0 Å². The SMILES string of the molecule is NC(CCC(=O)NC(CS)C(=O)NCC(=O)O)C(=O)O.NC(CCC(=O)NC(CS)C(=O)NCC(=O)O)C(=O)O.N[C@@H](CS)C(=O)O.N[C@@H](CS)C(=O)O. The average molecular weight is 857 g/mol. The molecule has 0 spiro atoms. The quantitative estimate of drug-likeness (QED) is 0.0451. The number of hydrogen-bond donors (Lipinski definition) is 18. The maximum absolute atomic E-state index is 11.5. The van der Waals surface area contributed by atoms with Crippen molar-refractivity contribution in [3.63, 3.8) is 0 Å². The van der Waals surface area contributed by atoms with Crippen LogP contribution in [0.5, 0.6) is 0 Å². The summed E-state index contributed by atoms with van der Waals surface area (Å²) in [5.74, 6) is -9.04. The third kappa shape index (κ3) is 33.8. The zero-order chi connectivity index (χ0) is 43.1. The van der Waals surface area contributed by atoms with Gasteiger partial charge in [-0.2, -0.15) is 50.5 Å². The van der Waals surface area contributed by atoms with Crippen LogP contribution in [0.3, 0.4) is 0 Å². The molecular weight excluding hydrogens is 809 g/mol. The van der Waals surface area contributed by atoms with Gasteiger partial charge in [0, 0.05) is 35.9 Å². The first kappa shape index (κ1) is 56.7. The van der Waals surface area contributed by atoms with Crippen LogP contribution in [0.4, 0.5) is 0 Å². The topological polar surface area (TPSA) is 444 Å². The Balaban J connectivity index is -0.000000343. The zero-order valence-corrected chi connectivity index (χ0v) is 32.0. The fourth-order valence-electron chi connectivity index (χ4n) is 2.47. The standard InChI is InChI=1S/2C10H17N3O6S.2C3H7NO2S/c2*11-5(10(18)19)1-2-7(14)13-6(4-20)9(17)12-3-8(15)16;2*4-2(1-7)3(5)6/h2*5-6,20H,1-4,11H2,(H,12,17)(H,13,14)(H,15,16)(H,18,19);2*2,7H,1,4H2,(H,5,6)/t;;2*2-/m..00/s1. The van der Waals surface area contributed by atoms with Crippen molar-refractivity contribution in [2.45, 2.75) is 61.9 Å². The number of carboxylic acid groups (broad SMARTS) is 6. The number of aliphatic carboxylic acids is 6. The Kier molecular flexibility index (Phi) is 35.2. The summed E-state index contributed by atoms with van der Waals surface area (Å²) >= 11 is 15.0. The summed E-state index contributed by atoms with van der Waals surface area (Å²) in [6.07, 6.45) is -0.470. The van der Waals surface area contributed by atoms with E-state index in [1.807, 2.05) is 0 Å². The molecule has 0 aromatic rings. The minimum atomic E-state index is -1.22. The van der Waals surface area contributed by atoms with Gasteiger partial charge in [0.15, 0.2) is 0 Å². The van der Waals surface area contributed by atoms with E-state index in [1.165, 1.54) is 0 Å². The average Bonchev–Trinajstić information content (AvgIpc) is 3.11. The molecule has 28 heteroatoms. The van der Waals surface area contributed by atoms with Gasteiger partial charge in [-0.1, -0.05) is 0 Å². The third-order valence-electron chi connectivity index (χ3n) is 5.52. The molecule has 0 aliphatic heterocycles. The highest BCUT2D eigenvalue weighted by atomic mass is 32.1. The molecule has 0 radical (unpaired) electrons. The van der Waals surface area contributed by atoms with E-state index in [-0.39, 0.29) is 48.7 Å². The van der Waals surface area contributed by atoms with Gasteiger partial charge < -0.3 is 74.8 Å². The molecule has 0 aliphatic rings. The number of nitrogens with one attached hydrogen (secondary N) is 4. The minimum absolute atomic E-state index is 0.0256. The molecule has 54 heavy (non-hydrogen) atoms. The normalized spacial score (nSPS) is 13.2. The lowest BCUT2D eigenvalue weighted by molar-refractivity contribution is -0.140. The Bertz CT molecular complexity index is 1160. The summed E-state index contributed by atoms with van der Waals surface area (Å²) in [5.41, 5.74) is 20.3. The first-order valence-electron chi connectivity index (χ1n) is 14.9. The number of hydrogen-bond acceptors (Lipinski definition) is 18. The smallest absolute Gasteiger partial charge is 0.322 e. The first-order chi connectivity index (χ1) is 24.9. The number of nitrogens with two attached hydrogens (primary N) is 4. The molecule has 6 atom stereocenters. The van der Waals surface area contributed by atoms with Crippen molar-refractivity contribution < 1.29 is 78.6 Å². The second kappa shape index (κ2) is 33.5. The number of thiol groups is 4. The second-order valence-corrected chi connectivity index (χ2v) is 11.5. The summed E-state index contributed by atoms with van der Waals surface area (Å²) in [4.78, 5) is 107. The van der Waals surface area contributed by atoms with Crippen LogP contribution in [0.2, 0.25) is 0 Å². The number of carbonyl (C=O) groups excluding carboxylic acids is 4. The Morgan fingerprint density at radius 2 is 0.704 bits per heavy atom. The van der Waals surface area contributed by atoms with Gasteiger partial charge in [0.1, 0.15) is 49.3 Å². The molecule has 0 fully saturated rings. The lowest BCUT2D eigenvalue weighted by Gasteiger charge is -2.16. The van der Waals surface area contributed by atoms with E-state index < -0.39 is 109 Å². The Morgan fingerprint density at radius 1 is 0.444 bits per heavy atom. The van der Waals surface area contributed by atoms with Crippen LogP contribution in [0.1, 0.15) is 25.7 Å². The van der Waals surface area contributed by atoms with E-state index in [9.17, 15) is 47.9 Å². The van der Waals surface area contributed by atoms with Crippen LogP contribution in [-0.2, 0) is 47.9 Å². The van der Waals surface area contributed by atoms with Gasteiger partial charge in [0.05, 0.1) is 0 Å². The lowest BCUT2D eigenvalue weighted by Crippen LogP contribution is -2.49. The highest BCUT2D eigenvalue weighted by Crippen LogP contribution is 1.98. The predicted molar refractivity (Wildman–Crippen MR) is 201 cm³/mol. The van der Waals surface area contributed by atoms with E-state index in [0.29, 0.717) is 0 Å². The molecule has 24 nitrogen and oxygen atoms in total. The summed E-state index contributed by atoms with van der Waals surface area (Å²) in [7, 11) is 0. The fraction of sp³-hybridized carbons (Fsp3) is 0.615. The van der Waals surface area contributed by atoms with Gasteiger partial charge in [-0.05, 0) is 12.8 Å². The minimum Gasteiger partial charge on any atom is -0.480 e. The zero-order valence-electron chi connectivity index (χ0n) is 28.4. The van der Waals surface area contributed by atoms with Crippen molar-refractivity contribution in [3.8, 4) is 0 Å². The van der Waals surface area contributed by atoms with E-state index in [0.717, 1.165) is 0 Å². The van der Waals surface area contributed by atoms with E-state index in [4.69, 9.17) is 53.6 Å². The van der Waals surface area contributed by atoms with E-state index in [1.54, 1.807) is 0 Å². The monoisotopic (exact) mass is 856 g/mol. The Hall–Kier alpha value is -4.06. The van der Waals surface area contributed by atoms with Crippen molar-refractivity contribution in [1.82, 2.24) is 21.3 Å². The molecule has 0 saturated heterocycles. The van der Waals surface area contributed by atoms with Crippen molar-refractivity contribution in [2.24, 2.45) is 22.9 Å². The molecule has 312 valence electrons. The van der Waals surface area contributed by atoms with Gasteiger partial charge in [0.25, 0.3) is 0 Å². The Labute approximate surface area is 329 Å². The summed E-state index contributed by atoms with van der Waals surface area (Å²) in [5, 5.41) is 58.7. The molecule has 0 bridgehead atoms. The molecule has 0 aromatic carbocycles. The highest BCUT2D eigenvalue weighted by molar-refractivity contribution is 7.80. The van der Waals surface area contributed by atoms with Crippen molar-refractivity contribution >= 4 is 110 Å². The molecule has 0 heterocycles. The molecule has 18 N–H and O–H groups in total. The van der Waals surface area contributed by atoms with Crippen molar-refractivity contribution in [1.29, 1.82) is 0 Å². The van der Waals surface area contributed by atoms with Gasteiger partial charge in [-0.15, -0.1) is 0 Å². The maximum atomic E-state index is 11.5. The van der Waals surface area contributed by atoms with Crippen LogP contribution in [0.25, 0.3) is 0 Å². The van der Waals surface area contributed by atoms with E-state index in [2.05, 4.69) is 71.8 Å². The molecule has 0 aliphatic carbocycles. The number of carboxylic acids is 6. The first-order valence-corrected chi connectivity index (χ1v) is 17.4. The molecule has 0 saturated carbocycles. The van der Waals surface area contributed by atoms with Gasteiger partial charge in [-0.3, -0.25) is 47.9 Å². The summed E-state index contributed by atoms with van der Waals surface area (Å²) in [6.45, 7) is -1.13. The van der Waals surface area contributed by atoms with Crippen LogP contribution >= 0.6 is 50.5 Å². The molecule has 4 amide bonds. The maximum Gasteiger partial charge on any atom is 0.322 e. The highest BCUT2D eigenvalue weighted by Gasteiger charge is 2.22. The number of rotatable bonds is 22. The van der Waals surface area contributed by atoms with Crippen LogP contribution < -0.4 is 44.2 Å². The van der Waals surface area contributed by atoms with Gasteiger partial charge in [-0.25, -0.2) is 0 Å². The number of carbonyl (C=O) groups is 10. The van der Waals surface area contributed by atoms with E-state index >= 15 is 0 Å². The Morgan fingerprint density at radius 3 is 0.870 bits per heavy atom. The fourth-order valence-corrected chi connectivity index (χ4v) is 3.30. The third-order valence-corrected chi connectivity index (χ3v) is 7.04. The predicted octanol–water partition coefficient (Wildman–Crippen LogP) is -5.76. The van der Waals surface area contributed by atoms with Crippen molar-refractivity contribution in [2.75, 3.05) is 36.1 Å². The van der Waals surface area contributed by atoms with Gasteiger partial charge in [0.2, 0.25) is 23.6 Å². The molecular formula is C26H48N8O16S4. The van der Waals surface area contributed by atoms with Gasteiger partial charge >= 0.3 is 35.8 Å². The molecule has 4 unspecified atom stereocenters. The molecule has 0 aromatic heterocycles. The van der Waals surface area contributed by atoms with Crippen LogP contribution in [0.15, 0.2) is 0 Å². The van der Waals surface area contributed by atoms with Crippen LogP contribution in [-0.4, -0.2) is 162 Å². The van der Waals surface area contributed by atoms with Crippen LogP contribution in [0, 0.1) is 0 Å². The summed E-state index contributed by atoms with van der Waals surface area (Å²) in [6, 6.07) is -5.93. The molecule has 0 rings (SSSR count). The second-order valence-electron chi connectivity index (χ2n) is 10.0. The largest absolute Gasteiger partial charge is 0.480 e. The summed E-state index contributed by atoms with van der Waals surface area (Å²) < 4.78 is 0.